The van der Waals surface area contributed by atoms with Crippen LogP contribution in [-0.4, -0.2) is 13.1 Å². The molecule has 2 N–H and O–H groups in total. The monoisotopic (exact) mass is 346 g/mol. The van der Waals surface area contributed by atoms with Crippen molar-refractivity contribution in [1.82, 2.24) is 5.32 Å². The van der Waals surface area contributed by atoms with Crippen LogP contribution in [0.5, 0.6) is 5.75 Å². The second kappa shape index (κ2) is 8.21. The van der Waals surface area contributed by atoms with Crippen LogP contribution in [0.1, 0.15) is 22.7 Å². The lowest BCUT2D eigenvalue weighted by Gasteiger charge is -2.20. The zero-order valence-electron chi connectivity index (χ0n) is 14.9. The highest BCUT2D eigenvalue weighted by Gasteiger charge is 2.16. The highest BCUT2D eigenvalue weighted by molar-refractivity contribution is 5.90. The first-order chi connectivity index (χ1) is 12.7. The Morgan fingerprint density at radius 3 is 2.27 bits per heavy atom. The summed E-state index contributed by atoms with van der Waals surface area (Å²) >= 11 is 0. The second-order valence-electron chi connectivity index (χ2n) is 6.08. The number of methoxy groups -OCH3 is 1. The molecule has 0 unspecified atom stereocenters. The average Bonchev–Trinajstić information content (AvgIpc) is 2.68. The number of urea groups is 1. The molecule has 132 valence electrons. The number of anilines is 1. The van der Waals surface area contributed by atoms with Crippen LogP contribution in [0.15, 0.2) is 78.9 Å². The van der Waals surface area contributed by atoms with Gasteiger partial charge in [0, 0.05) is 11.8 Å². The van der Waals surface area contributed by atoms with E-state index in [1.54, 1.807) is 13.2 Å². The normalized spacial score (nSPS) is 11.5. The van der Waals surface area contributed by atoms with Crippen LogP contribution in [0.2, 0.25) is 0 Å². The molecule has 0 radical (unpaired) electrons. The zero-order valence-corrected chi connectivity index (χ0v) is 14.9. The van der Waals surface area contributed by atoms with Gasteiger partial charge in [0.1, 0.15) is 5.75 Å². The van der Waals surface area contributed by atoms with Crippen molar-refractivity contribution < 1.29 is 9.53 Å². The summed E-state index contributed by atoms with van der Waals surface area (Å²) in [6, 6.07) is 24.9. The fourth-order valence-electron chi connectivity index (χ4n) is 2.76. The minimum absolute atomic E-state index is 0.234. The van der Waals surface area contributed by atoms with Crippen LogP contribution >= 0.6 is 0 Å². The summed E-state index contributed by atoms with van der Waals surface area (Å²) in [5.41, 5.74) is 3.92. The maximum absolute atomic E-state index is 12.6. The van der Waals surface area contributed by atoms with E-state index in [9.17, 15) is 4.79 Å². The lowest BCUT2D eigenvalue weighted by Crippen LogP contribution is -2.33. The molecule has 0 aliphatic carbocycles. The Balaban J connectivity index is 1.81. The minimum Gasteiger partial charge on any atom is -0.497 e. The molecule has 0 bridgehead atoms. The van der Waals surface area contributed by atoms with E-state index in [0.29, 0.717) is 11.4 Å². The first-order valence-electron chi connectivity index (χ1n) is 8.49. The molecule has 1 atom stereocenters. The molecule has 26 heavy (non-hydrogen) atoms. The predicted molar refractivity (Wildman–Crippen MR) is 105 cm³/mol. The molecular weight excluding hydrogens is 324 g/mol. The van der Waals surface area contributed by atoms with Crippen LogP contribution in [-0.2, 0) is 0 Å². The van der Waals surface area contributed by atoms with Crippen molar-refractivity contribution in [2.24, 2.45) is 0 Å². The van der Waals surface area contributed by atoms with Crippen molar-refractivity contribution in [2.45, 2.75) is 13.0 Å². The molecule has 0 saturated heterocycles. The molecule has 3 aromatic rings. The smallest absolute Gasteiger partial charge is 0.319 e. The molecule has 0 aliphatic heterocycles. The fraction of sp³-hybridized carbons (Fsp3) is 0.136. The van der Waals surface area contributed by atoms with Gasteiger partial charge in [0.2, 0.25) is 0 Å². The van der Waals surface area contributed by atoms with Gasteiger partial charge in [0.25, 0.3) is 0 Å². The topological polar surface area (TPSA) is 50.4 Å². The summed E-state index contributed by atoms with van der Waals surface area (Å²) in [4.78, 5) is 12.6. The SMILES string of the molecule is COc1cccc(NC(=O)N[C@H](c2ccccc2)c2ccc(C)cc2)c1. The van der Waals surface area contributed by atoms with Gasteiger partial charge in [0.15, 0.2) is 0 Å². The molecule has 3 rings (SSSR count). The van der Waals surface area contributed by atoms with Crippen molar-refractivity contribution in [3.05, 3.63) is 95.6 Å². The number of carbonyl (C=O) groups excluding carboxylic acids is 1. The van der Waals surface area contributed by atoms with Crippen LogP contribution in [0, 0.1) is 6.92 Å². The fourth-order valence-corrected chi connectivity index (χ4v) is 2.76. The number of carbonyl (C=O) groups is 1. The molecular formula is C22H22N2O2. The largest absolute Gasteiger partial charge is 0.497 e. The van der Waals surface area contributed by atoms with E-state index < -0.39 is 0 Å². The van der Waals surface area contributed by atoms with Crippen LogP contribution in [0.3, 0.4) is 0 Å². The summed E-state index contributed by atoms with van der Waals surface area (Å²) < 4.78 is 5.20. The molecule has 3 aromatic carbocycles. The Morgan fingerprint density at radius 1 is 0.885 bits per heavy atom. The third kappa shape index (κ3) is 4.42. The lowest BCUT2D eigenvalue weighted by molar-refractivity contribution is 0.250. The molecule has 2 amide bonds. The van der Waals surface area contributed by atoms with Crippen molar-refractivity contribution in [2.75, 3.05) is 12.4 Å². The minimum atomic E-state index is -0.271. The van der Waals surface area contributed by atoms with Gasteiger partial charge >= 0.3 is 6.03 Å². The summed E-state index contributed by atoms with van der Waals surface area (Å²) in [5, 5.41) is 5.93. The van der Waals surface area contributed by atoms with E-state index >= 15 is 0 Å². The Bertz CT molecular complexity index is 861. The number of nitrogens with one attached hydrogen (secondary N) is 2. The van der Waals surface area contributed by atoms with E-state index in [-0.39, 0.29) is 12.1 Å². The van der Waals surface area contributed by atoms with Crippen molar-refractivity contribution in [3.8, 4) is 5.75 Å². The van der Waals surface area contributed by atoms with Gasteiger partial charge in [-0.25, -0.2) is 4.79 Å². The van der Waals surface area contributed by atoms with Crippen LogP contribution in [0.4, 0.5) is 10.5 Å². The predicted octanol–water partition coefficient (Wildman–Crippen LogP) is 4.91. The first kappa shape index (κ1) is 17.5. The van der Waals surface area contributed by atoms with E-state index in [2.05, 4.69) is 10.6 Å². The number of rotatable bonds is 5. The van der Waals surface area contributed by atoms with Gasteiger partial charge in [-0.3, -0.25) is 0 Å². The Kier molecular flexibility index (Phi) is 5.54. The zero-order chi connectivity index (χ0) is 18.4. The highest BCUT2D eigenvalue weighted by Crippen LogP contribution is 2.23. The summed E-state index contributed by atoms with van der Waals surface area (Å²) in [7, 11) is 1.60. The third-order valence-electron chi connectivity index (χ3n) is 4.15. The van der Waals surface area contributed by atoms with E-state index in [0.717, 1.165) is 11.1 Å². The highest BCUT2D eigenvalue weighted by atomic mass is 16.5. The van der Waals surface area contributed by atoms with Crippen LogP contribution in [0.25, 0.3) is 0 Å². The summed E-state index contributed by atoms with van der Waals surface area (Å²) in [6.07, 6.45) is 0. The van der Waals surface area contributed by atoms with Gasteiger partial charge in [0.05, 0.1) is 13.2 Å². The van der Waals surface area contributed by atoms with E-state index in [1.165, 1.54) is 5.56 Å². The molecule has 0 aromatic heterocycles. The number of ether oxygens (including phenoxy) is 1. The summed E-state index contributed by atoms with van der Waals surface area (Å²) in [6.45, 7) is 2.05. The first-order valence-corrected chi connectivity index (χ1v) is 8.49. The molecule has 0 aliphatic rings. The Hall–Kier alpha value is -3.27. The molecule has 0 heterocycles. The van der Waals surface area contributed by atoms with Gasteiger partial charge in [-0.2, -0.15) is 0 Å². The van der Waals surface area contributed by atoms with Gasteiger partial charge < -0.3 is 15.4 Å². The second-order valence-corrected chi connectivity index (χ2v) is 6.08. The maximum Gasteiger partial charge on any atom is 0.319 e. The molecule has 4 nitrogen and oxygen atoms in total. The molecule has 0 spiro atoms. The van der Waals surface area contributed by atoms with Crippen LogP contribution < -0.4 is 15.4 Å². The van der Waals surface area contributed by atoms with Gasteiger partial charge in [-0.05, 0) is 30.2 Å². The quantitative estimate of drug-likeness (QED) is 0.689. The van der Waals surface area contributed by atoms with Crippen molar-refractivity contribution in [3.63, 3.8) is 0 Å². The standard InChI is InChI=1S/C22H22N2O2/c1-16-11-13-18(14-12-16)21(17-7-4-3-5-8-17)24-22(25)23-19-9-6-10-20(15-19)26-2/h3-15,21H,1-2H3,(H2,23,24,25)/t21-/m1/s1. The number of hydrogen-bond acceptors (Lipinski definition) is 2. The Morgan fingerprint density at radius 2 is 1.58 bits per heavy atom. The molecule has 4 heteroatoms. The molecule has 0 fully saturated rings. The average molecular weight is 346 g/mol. The Labute approximate surface area is 153 Å². The lowest BCUT2D eigenvalue weighted by atomic mass is 9.98. The van der Waals surface area contributed by atoms with E-state index in [1.807, 2.05) is 79.7 Å². The number of hydrogen-bond donors (Lipinski definition) is 2. The van der Waals surface area contributed by atoms with Crippen molar-refractivity contribution in [1.29, 1.82) is 0 Å². The summed E-state index contributed by atoms with van der Waals surface area (Å²) in [5.74, 6) is 0.695. The third-order valence-corrected chi connectivity index (χ3v) is 4.15. The number of amides is 2. The molecule has 0 saturated carbocycles. The van der Waals surface area contributed by atoms with Gasteiger partial charge in [-0.1, -0.05) is 66.2 Å². The van der Waals surface area contributed by atoms with E-state index in [4.69, 9.17) is 4.74 Å². The maximum atomic E-state index is 12.6. The van der Waals surface area contributed by atoms with Crippen molar-refractivity contribution >= 4 is 11.7 Å². The number of aryl methyl sites for hydroxylation is 1. The van der Waals surface area contributed by atoms with Gasteiger partial charge in [-0.15, -0.1) is 0 Å². The number of benzene rings is 3.